The van der Waals surface area contributed by atoms with Crippen LogP contribution in [0.4, 0.5) is 4.79 Å². The first-order chi connectivity index (χ1) is 16.2. The molecular formula is C27H38N4O3. The molecule has 7 nitrogen and oxygen atoms in total. The van der Waals surface area contributed by atoms with Crippen molar-refractivity contribution >= 4 is 12.0 Å². The van der Waals surface area contributed by atoms with Gasteiger partial charge in [0.15, 0.2) is 0 Å². The van der Waals surface area contributed by atoms with Crippen LogP contribution in [0.5, 0.6) is 5.75 Å². The van der Waals surface area contributed by atoms with E-state index in [1.807, 2.05) is 12.3 Å². The van der Waals surface area contributed by atoms with Crippen LogP contribution in [0.1, 0.15) is 55.2 Å². The van der Waals surface area contributed by atoms with E-state index in [2.05, 4.69) is 49.0 Å². The van der Waals surface area contributed by atoms with E-state index in [4.69, 9.17) is 4.74 Å². The van der Waals surface area contributed by atoms with E-state index in [1.165, 1.54) is 5.56 Å². The maximum Gasteiger partial charge on any atom is 0.415 e. The van der Waals surface area contributed by atoms with Gasteiger partial charge in [-0.2, -0.15) is 0 Å². The van der Waals surface area contributed by atoms with Crippen LogP contribution in [-0.4, -0.2) is 66.1 Å². The zero-order valence-electron chi connectivity index (χ0n) is 21.0. The number of hydrogen-bond donors (Lipinski definition) is 1. The predicted molar refractivity (Wildman–Crippen MR) is 134 cm³/mol. The quantitative estimate of drug-likeness (QED) is 0.628. The van der Waals surface area contributed by atoms with Crippen LogP contribution in [0.2, 0.25) is 0 Å². The number of ether oxygens (including phenoxy) is 1. The van der Waals surface area contributed by atoms with Gasteiger partial charge in [-0.05, 0) is 74.0 Å². The lowest BCUT2D eigenvalue weighted by atomic mass is 9.92. The van der Waals surface area contributed by atoms with Gasteiger partial charge in [0.2, 0.25) is 0 Å². The molecule has 1 aromatic carbocycles. The van der Waals surface area contributed by atoms with Gasteiger partial charge in [-0.15, -0.1) is 0 Å². The third-order valence-corrected chi connectivity index (χ3v) is 6.12. The first-order valence-corrected chi connectivity index (χ1v) is 12.2. The lowest BCUT2D eigenvalue weighted by Crippen LogP contribution is -2.49. The van der Waals surface area contributed by atoms with Gasteiger partial charge >= 0.3 is 6.09 Å². The highest BCUT2D eigenvalue weighted by molar-refractivity contribution is 5.94. The number of aromatic nitrogens is 1. The molecule has 184 valence electrons. The molecule has 34 heavy (non-hydrogen) atoms. The van der Waals surface area contributed by atoms with Crippen molar-refractivity contribution in [2.75, 3.05) is 39.3 Å². The van der Waals surface area contributed by atoms with Crippen molar-refractivity contribution in [2.45, 2.75) is 47.0 Å². The van der Waals surface area contributed by atoms with E-state index in [9.17, 15) is 9.59 Å². The van der Waals surface area contributed by atoms with Gasteiger partial charge in [0.25, 0.3) is 5.91 Å². The zero-order chi connectivity index (χ0) is 24.6. The average molecular weight is 467 g/mol. The molecule has 7 heteroatoms. The summed E-state index contributed by atoms with van der Waals surface area (Å²) >= 11 is 0. The SMILES string of the molecule is Cc1cccnc1CCCN1CCN(C(=O)Oc2ccc(C(=O)NCCC(C)(C)C)cc2)CC1. The number of nitrogens with zero attached hydrogens (tertiary/aromatic N) is 3. The van der Waals surface area contributed by atoms with Crippen molar-refractivity contribution < 1.29 is 14.3 Å². The molecule has 1 aromatic heterocycles. The summed E-state index contributed by atoms with van der Waals surface area (Å²) in [7, 11) is 0. The second-order valence-electron chi connectivity index (χ2n) is 10.2. The highest BCUT2D eigenvalue weighted by Gasteiger charge is 2.22. The third-order valence-electron chi connectivity index (χ3n) is 6.12. The Balaban J connectivity index is 1.37. The Bertz CT molecular complexity index is 945. The Morgan fingerprint density at radius 3 is 2.41 bits per heavy atom. The summed E-state index contributed by atoms with van der Waals surface area (Å²) in [5.41, 5.74) is 3.14. The van der Waals surface area contributed by atoms with Gasteiger partial charge in [0.1, 0.15) is 5.75 Å². The number of benzene rings is 1. The number of carbonyl (C=O) groups excluding carboxylic acids is 2. The van der Waals surface area contributed by atoms with Gasteiger partial charge in [0, 0.05) is 50.2 Å². The minimum atomic E-state index is -0.342. The Kier molecular flexibility index (Phi) is 9.05. The van der Waals surface area contributed by atoms with Crippen molar-refractivity contribution in [3.63, 3.8) is 0 Å². The molecule has 0 bridgehead atoms. The van der Waals surface area contributed by atoms with Crippen LogP contribution in [0, 0.1) is 12.3 Å². The summed E-state index contributed by atoms with van der Waals surface area (Å²) < 4.78 is 5.53. The fourth-order valence-electron chi connectivity index (χ4n) is 3.90. The number of piperazine rings is 1. The van der Waals surface area contributed by atoms with E-state index in [0.29, 0.717) is 30.9 Å². The number of carbonyl (C=O) groups is 2. The number of pyridine rings is 1. The standard InChI is InChI=1S/C27H38N4O3/c1-21-7-5-14-28-24(21)8-6-16-30-17-19-31(20-18-30)26(33)34-23-11-9-22(10-12-23)25(32)29-15-13-27(2,3)4/h5,7,9-12,14H,6,8,13,15-20H2,1-4H3,(H,29,32). The van der Waals surface area contributed by atoms with Gasteiger partial charge in [-0.1, -0.05) is 26.8 Å². The third kappa shape index (κ3) is 8.13. The monoisotopic (exact) mass is 466 g/mol. The zero-order valence-corrected chi connectivity index (χ0v) is 21.0. The summed E-state index contributed by atoms with van der Waals surface area (Å²) in [6.07, 6.45) is 4.44. The summed E-state index contributed by atoms with van der Waals surface area (Å²) in [6.45, 7) is 13.1. The molecule has 1 fully saturated rings. The highest BCUT2D eigenvalue weighted by atomic mass is 16.6. The van der Waals surface area contributed by atoms with Gasteiger partial charge in [-0.3, -0.25) is 14.7 Å². The average Bonchev–Trinajstić information content (AvgIpc) is 2.80. The Hall–Kier alpha value is -2.93. The lowest BCUT2D eigenvalue weighted by Gasteiger charge is -2.34. The maximum absolute atomic E-state index is 12.6. The molecule has 3 rings (SSSR count). The predicted octanol–water partition coefficient (Wildman–Crippen LogP) is 4.31. The van der Waals surface area contributed by atoms with Crippen LogP contribution in [0.25, 0.3) is 0 Å². The summed E-state index contributed by atoms with van der Waals surface area (Å²) in [5.74, 6) is 0.334. The van der Waals surface area contributed by atoms with Gasteiger partial charge < -0.3 is 15.0 Å². The van der Waals surface area contributed by atoms with Crippen molar-refractivity contribution in [1.82, 2.24) is 20.1 Å². The first-order valence-electron chi connectivity index (χ1n) is 12.2. The largest absolute Gasteiger partial charge is 0.415 e. The molecule has 1 saturated heterocycles. The van der Waals surface area contributed by atoms with E-state index < -0.39 is 0 Å². The van der Waals surface area contributed by atoms with Crippen molar-refractivity contribution in [3.8, 4) is 5.75 Å². The Morgan fingerprint density at radius 2 is 1.76 bits per heavy atom. The number of nitrogens with one attached hydrogen (secondary N) is 1. The van der Waals surface area contributed by atoms with Crippen LogP contribution in [0.15, 0.2) is 42.6 Å². The van der Waals surface area contributed by atoms with Crippen LogP contribution >= 0.6 is 0 Å². The fourth-order valence-corrected chi connectivity index (χ4v) is 3.90. The van der Waals surface area contributed by atoms with Crippen molar-refractivity contribution in [2.24, 2.45) is 5.41 Å². The van der Waals surface area contributed by atoms with E-state index in [-0.39, 0.29) is 17.4 Å². The van der Waals surface area contributed by atoms with E-state index in [0.717, 1.165) is 44.6 Å². The molecule has 1 aliphatic heterocycles. The molecule has 0 spiro atoms. The van der Waals surface area contributed by atoms with Gasteiger partial charge in [0.05, 0.1) is 0 Å². The van der Waals surface area contributed by atoms with Crippen molar-refractivity contribution in [1.29, 1.82) is 0 Å². The molecular weight excluding hydrogens is 428 g/mol. The highest BCUT2D eigenvalue weighted by Crippen LogP contribution is 2.18. The molecule has 0 saturated carbocycles. The first kappa shape index (κ1) is 25.7. The maximum atomic E-state index is 12.6. The van der Waals surface area contributed by atoms with Crippen LogP contribution in [0.3, 0.4) is 0 Å². The van der Waals surface area contributed by atoms with Crippen LogP contribution < -0.4 is 10.1 Å². The number of aryl methyl sites for hydroxylation is 2. The van der Waals surface area contributed by atoms with E-state index >= 15 is 0 Å². The molecule has 2 aromatic rings. The van der Waals surface area contributed by atoms with E-state index in [1.54, 1.807) is 29.2 Å². The molecule has 2 heterocycles. The molecule has 0 unspecified atom stereocenters. The summed E-state index contributed by atoms with van der Waals surface area (Å²) in [4.78, 5) is 33.4. The normalized spacial score (nSPS) is 14.6. The number of amides is 2. The number of hydrogen-bond acceptors (Lipinski definition) is 5. The molecule has 0 atom stereocenters. The second-order valence-corrected chi connectivity index (χ2v) is 10.2. The second kappa shape index (κ2) is 12.0. The minimum Gasteiger partial charge on any atom is -0.410 e. The molecule has 0 radical (unpaired) electrons. The lowest BCUT2D eigenvalue weighted by molar-refractivity contribution is 0.0949. The summed E-state index contributed by atoms with van der Waals surface area (Å²) in [5, 5.41) is 2.93. The Labute approximate surface area is 203 Å². The van der Waals surface area contributed by atoms with Crippen molar-refractivity contribution in [3.05, 3.63) is 59.4 Å². The molecule has 2 amide bonds. The molecule has 1 N–H and O–H groups in total. The van der Waals surface area contributed by atoms with Crippen LogP contribution in [-0.2, 0) is 6.42 Å². The smallest absolute Gasteiger partial charge is 0.410 e. The molecule has 0 aliphatic carbocycles. The Morgan fingerprint density at radius 1 is 1.06 bits per heavy atom. The van der Waals surface area contributed by atoms with Gasteiger partial charge in [-0.25, -0.2) is 4.79 Å². The number of rotatable bonds is 8. The minimum absolute atomic E-state index is 0.114. The topological polar surface area (TPSA) is 74.8 Å². The fraction of sp³-hybridized carbons (Fsp3) is 0.519. The molecule has 1 aliphatic rings. The summed E-state index contributed by atoms with van der Waals surface area (Å²) in [6, 6.07) is 10.8.